The molecule has 0 unspecified atom stereocenters. The molecule has 21 heavy (non-hydrogen) atoms. The van der Waals surface area contributed by atoms with E-state index in [1.807, 2.05) is 0 Å². The second kappa shape index (κ2) is 4.13. The minimum atomic E-state index is -0.479. The summed E-state index contributed by atoms with van der Waals surface area (Å²) in [5, 5.41) is 10.9. The summed E-state index contributed by atoms with van der Waals surface area (Å²) < 4.78 is 0. The Labute approximate surface area is 128 Å². The summed E-state index contributed by atoms with van der Waals surface area (Å²) in [6, 6.07) is 0. The van der Waals surface area contributed by atoms with Crippen LogP contribution in [0.4, 0.5) is 0 Å². The second-order valence-corrected chi connectivity index (χ2v) is 9.33. The lowest BCUT2D eigenvalue weighted by Gasteiger charge is -2.52. The molecule has 2 nitrogen and oxygen atoms in total. The monoisotopic (exact) mass is 290 g/mol. The van der Waals surface area contributed by atoms with Crippen molar-refractivity contribution in [3.05, 3.63) is 0 Å². The van der Waals surface area contributed by atoms with E-state index in [-0.39, 0.29) is 5.41 Å². The predicted octanol–water partition coefficient (Wildman–Crippen LogP) is 3.96. The Morgan fingerprint density at radius 1 is 1.05 bits per heavy atom. The molecule has 0 saturated heterocycles. The maximum absolute atomic E-state index is 11.9. The second-order valence-electron chi connectivity index (χ2n) is 9.33. The molecule has 0 aliphatic heterocycles. The number of Topliss-reactive ketones (excluding diaryl/α,β-unsaturated/α-hetero) is 1. The number of rotatable bonds is 0. The molecule has 4 rings (SSSR count). The van der Waals surface area contributed by atoms with Crippen molar-refractivity contribution in [2.45, 2.75) is 77.7 Å². The van der Waals surface area contributed by atoms with Crippen LogP contribution in [0.2, 0.25) is 0 Å². The van der Waals surface area contributed by atoms with E-state index >= 15 is 0 Å². The van der Waals surface area contributed by atoms with Crippen LogP contribution < -0.4 is 0 Å². The first kappa shape index (κ1) is 14.2. The Kier molecular flexibility index (Phi) is 2.80. The minimum absolute atomic E-state index is 0.113. The highest BCUT2D eigenvalue weighted by Crippen LogP contribution is 2.69. The van der Waals surface area contributed by atoms with Crippen molar-refractivity contribution in [1.82, 2.24) is 0 Å². The standard InChI is InChI=1S/C19H30O2/c1-17-7-4-13(20)10-12(17)11-14-15(17)5-8-18(2)16(14)6-9-19(18,3)21/h12,14-16,21H,4-11H2,1-3H3/t12-,14-,15+,16+,17+,18+,19+/m1/s1. The first-order valence-corrected chi connectivity index (χ1v) is 9.02. The molecule has 0 aromatic heterocycles. The molecular formula is C19H30O2. The van der Waals surface area contributed by atoms with Gasteiger partial charge in [-0.05, 0) is 80.0 Å². The van der Waals surface area contributed by atoms with Gasteiger partial charge in [0.2, 0.25) is 0 Å². The molecule has 2 heteroatoms. The molecule has 0 aromatic rings. The Morgan fingerprint density at radius 2 is 1.76 bits per heavy atom. The van der Waals surface area contributed by atoms with Gasteiger partial charge in [-0.1, -0.05) is 13.8 Å². The van der Waals surface area contributed by atoms with Crippen molar-refractivity contribution in [1.29, 1.82) is 0 Å². The van der Waals surface area contributed by atoms with Gasteiger partial charge in [0.25, 0.3) is 0 Å². The van der Waals surface area contributed by atoms with E-state index in [2.05, 4.69) is 20.8 Å². The van der Waals surface area contributed by atoms with Gasteiger partial charge in [-0.25, -0.2) is 0 Å². The minimum Gasteiger partial charge on any atom is -0.390 e. The molecule has 0 amide bonds. The zero-order valence-corrected chi connectivity index (χ0v) is 13.8. The molecule has 0 radical (unpaired) electrons. The molecule has 4 aliphatic carbocycles. The lowest BCUT2D eigenvalue weighted by Crippen LogP contribution is -2.49. The maximum Gasteiger partial charge on any atom is 0.133 e. The third-order valence-electron chi connectivity index (χ3n) is 8.75. The summed E-state index contributed by atoms with van der Waals surface area (Å²) in [5.74, 6) is 3.38. The molecule has 4 aliphatic rings. The Balaban J connectivity index is 1.68. The van der Waals surface area contributed by atoms with E-state index < -0.39 is 5.60 Å². The fourth-order valence-corrected chi connectivity index (χ4v) is 7.07. The third-order valence-corrected chi connectivity index (χ3v) is 8.75. The van der Waals surface area contributed by atoms with E-state index in [9.17, 15) is 9.90 Å². The van der Waals surface area contributed by atoms with Gasteiger partial charge in [-0.3, -0.25) is 4.79 Å². The molecule has 0 aromatic carbocycles. The summed E-state index contributed by atoms with van der Waals surface area (Å²) in [4.78, 5) is 11.9. The van der Waals surface area contributed by atoms with Gasteiger partial charge >= 0.3 is 0 Å². The van der Waals surface area contributed by atoms with E-state index in [1.54, 1.807) is 0 Å². The number of ketones is 1. The number of hydrogen-bond donors (Lipinski definition) is 1. The average molecular weight is 290 g/mol. The van der Waals surface area contributed by atoms with Gasteiger partial charge in [0.05, 0.1) is 5.60 Å². The number of fused-ring (bicyclic) bond motifs is 5. The van der Waals surface area contributed by atoms with Crippen molar-refractivity contribution >= 4 is 5.78 Å². The Morgan fingerprint density at radius 3 is 2.52 bits per heavy atom. The number of hydrogen-bond acceptors (Lipinski definition) is 2. The van der Waals surface area contributed by atoms with Crippen molar-refractivity contribution in [2.24, 2.45) is 34.5 Å². The molecule has 0 heterocycles. The van der Waals surface area contributed by atoms with Gasteiger partial charge < -0.3 is 5.11 Å². The van der Waals surface area contributed by atoms with Crippen LogP contribution >= 0.6 is 0 Å². The zero-order chi connectivity index (χ0) is 15.0. The van der Waals surface area contributed by atoms with Crippen LogP contribution in [0.5, 0.6) is 0 Å². The van der Waals surface area contributed by atoms with Crippen molar-refractivity contribution in [3.8, 4) is 0 Å². The van der Waals surface area contributed by atoms with Crippen LogP contribution in [0.15, 0.2) is 0 Å². The van der Waals surface area contributed by atoms with Crippen LogP contribution in [0, 0.1) is 34.5 Å². The van der Waals surface area contributed by atoms with E-state index in [0.717, 1.165) is 37.5 Å². The first-order chi connectivity index (χ1) is 9.78. The molecular weight excluding hydrogens is 260 g/mol. The van der Waals surface area contributed by atoms with Crippen LogP contribution in [0.25, 0.3) is 0 Å². The Bertz CT molecular complexity index is 482. The van der Waals surface area contributed by atoms with E-state index in [4.69, 9.17) is 0 Å². The van der Waals surface area contributed by atoms with E-state index in [0.29, 0.717) is 23.0 Å². The zero-order valence-electron chi connectivity index (χ0n) is 13.8. The molecule has 4 saturated carbocycles. The van der Waals surface area contributed by atoms with Crippen LogP contribution in [-0.4, -0.2) is 16.5 Å². The lowest BCUT2D eigenvalue weighted by atomic mass is 9.54. The maximum atomic E-state index is 11.9. The molecule has 118 valence electrons. The van der Waals surface area contributed by atoms with Gasteiger partial charge in [0, 0.05) is 12.8 Å². The quantitative estimate of drug-likeness (QED) is 0.733. The summed E-state index contributed by atoms with van der Waals surface area (Å²) in [6.45, 7) is 6.89. The number of carbonyl (C=O) groups is 1. The van der Waals surface area contributed by atoms with Gasteiger partial charge in [0.15, 0.2) is 0 Å². The number of aliphatic hydroxyl groups is 1. The molecule has 0 bridgehead atoms. The third kappa shape index (κ3) is 1.66. The predicted molar refractivity (Wildman–Crippen MR) is 82.7 cm³/mol. The SMILES string of the molecule is C[C@]12CCC(=O)C[C@@H]1C[C@@H]1[C@@H]2CC[C@@]2(C)[C@H]1CC[C@]2(C)O. The van der Waals surface area contributed by atoms with Crippen molar-refractivity contribution < 1.29 is 9.90 Å². The first-order valence-electron chi connectivity index (χ1n) is 9.02. The number of carbonyl (C=O) groups excluding carboxylic acids is 1. The smallest absolute Gasteiger partial charge is 0.133 e. The van der Waals surface area contributed by atoms with Crippen molar-refractivity contribution in [2.75, 3.05) is 0 Å². The lowest BCUT2D eigenvalue weighted by molar-refractivity contribution is -0.125. The summed E-state index contributed by atoms with van der Waals surface area (Å²) >= 11 is 0. The fourth-order valence-electron chi connectivity index (χ4n) is 7.07. The molecule has 1 N–H and O–H groups in total. The highest BCUT2D eigenvalue weighted by atomic mass is 16.3. The summed E-state index contributed by atoms with van der Waals surface area (Å²) in [7, 11) is 0. The summed E-state index contributed by atoms with van der Waals surface area (Å²) in [5.41, 5.74) is 0.0451. The summed E-state index contributed by atoms with van der Waals surface area (Å²) in [6.07, 6.45) is 8.65. The fraction of sp³-hybridized carbons (Fsp3) is 0.947. The average Bonchev–Trinajstić information content (AvgIpc) is 2.82. The molecule has 4 fully saturated rings. The van der Waals surface area contributed by atoms with Crippen LogP contribution in [0.3, 0.4) is 0 Å². The van der Waals surface area contributed by atoms with E-state index in [1.165, 1.54) is 25.7 Å². The van der Waals surface area contributed by atoms with Crippen molar-refractivity contribution in [3.63, 3.8) is 0 Å². The molecule has 0 spiro atoms. The van der Waals surface area contributed by atoms with Crippen LogP contribution in [-0.2, 0) is 4.79 Å². The Hall–Kier alpha value is -0.370. The largest absolute Gasteiger partial charge is 0.390 e. The van der Waals surface area contributed by atoms with Gasteiger partial charge in [0.1, 0.15) is 5.78 Å². The molecule has 7 atom stereocenters. The normalized spacial score (nSPS) is 59.5. The van der Waals surface area contributed by atoms with Gasteiger partial charge in [-0.15, -0.1) is 0 Å². The topological polar surface area (TPSA) is 37.3 Å². The van der Waals surface area contributed by atoms with Crippen LogP contribution in [0.1, 0.15) is 72.1 Å². The highest BCUT2D eigenvalue weighted by Gasteiger charge is 2.65. The highest BCUT2D eigenvalue weighted by molar-refractivity contribution is 5.79. The van der Waals surface area contributed by atoms with Gasteiger partial charge in [-0.2, -0.15) is 0 Å².